The monoisotopic (exact) mass is 414 g/mol. The Morgan fingerprint density at radius 2 is 1.53 bits per heavy atom. The Bertz CT molecular complexity index is 1340. The first-order valence-corrected chi connectivity index (χ1v) is 8.99. The van der Waals surface area contributed by atoms with E-state index in [1.54, 1.807) is 19.2 Å². The fraction of sp³-hybridized carbons (Fsp3) is 0.300. The lowest BCUT2D eigenvalue weighted by Crippen LogP contribution is -2.40. The number of nitrogens with one attached hydrogen (secondary N) is 1. The van der Waals surface area contributed by atoms with Crippen LogP contribution in [0.25, 0.3) is 22.2 Å². The number of fused-ring (bicyclic) bond motifs is 2. The van der Waals surface area contributed by atoms with Crippen LogP contribution in [0.15, 0.2) is 21.7 Å². The molecule has 0 saturated heterocycles. The number of esters is 1. The molecule has 30 heavy (non-hydrogen) atoms. The number of aromatic nitrogens is 3. The molecular weight excluding hydrogens is 394 g/mol. The van der Waals surface area contributed by atoms with Crippen molar-refractivity contribution in [2.45, 2.75) is 6.61 Å². The number of pyridine rings is 1. The fourth-order valence-corrected chi connectivity index (χ4v) is 3.73. The van der Waals surface area contributed by atoms with Crippen LogP contribution >= 0.6 is 0 Å². The summed E-state index contributed by atoms with van der Waals surface area (Å²) in [6, 6.07) is 3.23. The highest BCUT2D eigenvalue weighted by Crippen LogP contribution is 2.43. The molecule has 0 saturated carbocycles. The van der Waals surface area contributed by atoms with Crippen molar-refractivity contribution in [2.24, 2.45) is 14.1 Å². The Labute approximate surface area is 170 Å². The Balaban J connectivity index is 2.28. The number of hydrogen-bond acceptors (Lipinski definition) is 7. The van der Waals surface area contributed by atoms with Crippen LogP contribution in [0.5, 0.6) is 17.2 Å². The maximum Gasteiger partial charge on any atom is 0.417 e. The molecule has 1 aromatic carbocycles. The minimum atomic E-state index is -0.578. The summed E-state index contributed by atoms with van der Waals surface area (Å²) in [5.41, 5.74) is 0.617. The average molecular weight is 414 g/mol. The Morgan fingerprint density at radius 1 is 0.900 bits per heavy atom. The lowest BCUT2D eigenvalue weighted by molar-refractivity contribution is -0.365. The van der Waals surface area contributed by atoms with Crippen molar-refractivity contribution < 1.29 is 28.7 Å². The number of nitrogens with zero attached hydrogens (tertiary/aromatic N) is 2. The van der Waals surface area contributed by atoms with E-state index in [9.17, 15) is 14.4 Å². The van der Waals surface area contributed by atoms with Gasteiger partial charge in [-0.2, -0.15) is 4.57 Å². The minimum absolute atomic E-state index is 0.00386. The van der Waals surface area contributed by atoms with Gasteiger partial charge in [0.15, 0.2) is 23.8 Å². The number of aromatic amines is 1. The van der Waals surface area contributed by atoms with Gasteiger partial charge in [-0.15, -0.1) is 0 Å². The average Bonchev–Trinajstić information content (AvgIpc) is 3.14. The highest BCUT2D eigenvalue weighted by atomic mass is 16.5. The fourth-order valence-electron chi connectivity index (χ4n) is 3.73. The zero-order valence-corrected chi connectivity index (χ0v) is 17.1. The summed E-state index contributed by atoms with van der Waals surface area (Å²) in [6.45, 7) is -0.00386. The van der Waals surface area contributed by atoms with E-state index in [1.165, 1.54) is 32.9 Å². The second kappa shape index (κ2) is 6.90. The number of methoxy groups -OCH3 is 3. The van der Waals surface area contributed by atoms with Crippen molar-refractivity contribution >= 4 is 17.0 Å². The molecule has 0 atom stereocenters. The van der Waals surface area contributed by atoms with E-state index in [0.717, 1.165) is 4.57 Å². The third-order valence-electron chi connectivity index (χ3n) is 5.26. The van der Waals surface area contributed by atoms with Crippen molar-refractivity contribution in [1.29, 1.82) is 0 Å². The van der Waals surface area contributed by atoms with Gasteiger partial charge in [0.05, 0.1) is 28.4 Å². The topological polar surface area (TPSA) is 112 Å². The standard InChI is InChI=1S/C20H19N3O7/c1-22-17-16(18(24)23(2)20(22)26)14(15-10(21-17)8-30-19(15)25)9-6-12(28-4)13(29-5)7-11(9)27-3/h6-7H,8H2,1-5H3/p+1. The van der Waals surface area contributed by atoms with Crippen LogP contribution < -0.4 is 30.4 Å². The molecule has 1 N–H and O–H groups in total. The van der Waals surface area contributed by atoms with Gasteiger partial charge in [0.2, 0.25) is 0 Å². The molecule has 156 valence electrons. The number of ether oxygens (including phenoxy) is 4. The Kier molecular flexibility index (Phi) is 4.49. The first-order chi connectivity index (χ1) is 14.3. The molecule has 1 aliphatic rings. The van der Waals surface area contributed by atoms with E-state index in [-0.39, 0.29) is 23.2 Å². The lowest BCUT2D eigenvalue weighted by atomic mass is 9.95. The van der Waals surface area contributed by atoms with Crippen molar-refractivity contribution in [3.63, 3.8) is 0 Å². The smallest absolute Gasteiger partial charge is 0.417 e. The largest absolute Gasteiger partial charge is 0.496 e. The van der Waals surface area contributed by atoms with Gasteiger partial charge < -0.3 is 18.9 Å². The molecule has 0 amide bonds. The number of carbonyl (C=O) groups excluding carboxylic acids is 1. The highest BCUT2D eigenvalue weighted by molar-refractivity contribution is 6.08. The molecule has 0 spiro atoms. The second-order valence-electron chi connectivity index (χ2n) is 6.77. The van der Waals surface area contributed by atoms with Crippen molar-refractivity contribution in [3.8, 4) is 28.4 Å². The molecule has 0 radical (unpaired) electrons. The predicted molar refractivity (Wildman–Crippen MR) is 105 cm³/mol. The van der Waals surface area contributed by atoms with Crippen LogP contribution in [0, 0.1) is 0 Å². The Hall–Kier alpha value is -3.82. The molecule has 0 fully saturated rings. The molecule has 4 rings (SSSR count). The Morgan fingerprint density at radius 3 is 2.17 bits per heavy atom. The number of cyclic esters (lactones) is 1. The first kappa shape index (κ1) is 19.5. The minimum Gasteiger partial charge on any atom is -0.496 e. The SMILES string of the molecule is COc1cc(OC)c(-c2c3c([nH+]c4c2c(=O)n(C)c(=O)n4C)COC3=O)cc1OC. The maximum absolute atomic E-state index is 13.2. The van der Waals surface area contributed by atoms with E-state index in [4.69, 9.17) is 18.9 Å². The number of H-pyrrole nitrogens is 1. The van der Waals surface area contributed by atoms with Gasteiger partial charge in [-0.1, -0.05) is 0 Å². The molecule has 3 aromatic rings. The van der Waals surface area contributed by atoms with Crippen LogP contribution in [0.4, 0.5) is 0 Å². The first-order valence-electron chi connectivity index (χ1n) is 8.99. The number of hydrogen-bond donors (Lipinski definition) is 0. The summed E-state index contributed by atoms with van der Waals surface area (Å²) in [7, 11) is 7.36. The molecular formula is C20H20N3O7+. The van der Waals surface area contributed by atoms with E-state index in [1.807, 2.05) is 0 Å². The van der Waals surface area contributed by atoms with Crippen LogP contribution in [0.3, 0.4) is 0 Å². The summed E-state index contributed by atoms with van der Waals surface area (Å²) in [4.78, 5) is 41.3. The van der Waals surface area contributed by atoms with Gasteiger partial charge in [-0.3, -0.25) is 4.79 Å². The van der Waals surface area contributed by atoms with Crippen molar-refractivity contribution in [2.75, 3.05) is 21.3 Å². The number of aryl methyl sites for hydroxylation is 1. The van der Waals surface area contributed by atoms with Gasteiger partial charge in [0.1, 0.15) is 16.7 Å². The van der Waals surface area contributed by atoms with Gasteiger partial charge >= 0.3 is 11.7 Å². The zero-order chi connectivity index (χ0) is 21.7. The van der Waals surface area contributed by atoms with E-state index >= 15 is 0 Å². The summed E-state index contributed by atoms with van der Waals surface area (Å²) in [6.07, 6.45) is 0. The molecule has 0 bridgehead atoms. The lowest BCUT2D eigenvalue weighted by Gasteiger charge is -2.16. The zero-order valence-electron chi connectivity index (χ0n) is 17.1. The molecule has 0 unspecified atom stereocenters. The molecule has 10 nitrogen and oxygen atoms in total. The third kappa shape index (κ3) is 2.56. The quantitative estimate of drug-likeness (QED) is 0.569. The van der Waals surface area contributed by atoms with E-state index < -0.39 is 17.2 Å². The normalized spacial score (nSPS) is 12.6. The molecule has 2 aromatic heterocycles. The second-order valence-corrected chi connectivity index (χ2v) is 6.77. The summed E-state index contributed by atoms with van der Waals surface area (Å²) in [5, 5.41) is 0.155. The summed E-state index contributed by atoms with van der Waals surface area (Å²) >= 11 is 0. The van der Waals surface area contributed by atoms with Crippen LogP contribution in [-0.4, -0.2) is 36.4 Å². The predicted octanol–water partition coefficient (Wildman–Crippen LogP) is 0.414. The van der Waals surface area contributed by atoms with E-state index in [0.29, 0.717) is 34.1 Å². The van der Waals surface area contributed by atoms with Gasteiger partial charge in [-0.05, 0) is 6.07 Å². The van der Waals surface area contributed by atoms with Crippen LogP contribution in [0.2, 0.25) is 0 Å². The van der Waals surface area contributed by atoms with Crippen LogP contribution in [-0.2, 0) is 25.4 Å². The summed E-state index contributed by atoms with van der Waals surface area (Å²) in [5.74, 6) is 0.587. The molecule has 10 heteroatoms. The number of benzene rings is 1. The highest BCUT2D eigenvalue weighted by Gasteiger charge is 2.35. The van der Waals surface area contributed by atoms with Gasteiger partial charge in [-0.25, -0.2) is 19.1 Å². The molecule has 0 aliphatic carbocycles. The molecule has 1 aliphatic heterocycles. The van der Waals surface area contributed by atoms with Gasteiger partial charge in [0.25, 0.3) is 11.2 Å². The third-order valence-corrected chi connectivity index (χ3v) is 5.26. The summed E-state index contributed by atoms with van der Waals surface area (Å²) < 4.78 is 23.8. The molecule has 3 heterocycles. The number of rotatable bonds is 4. The van der Waals surface area contributed by atoms with E-state index in [2.05, 4.69) is 4.98 Å². The van der Waals surface area contributed by atoms with Crippen molar-refractivity contribution in [3.05, 3.63) is 44.2 Å². The van der Waals surface area contributed by atoms with Crippen LogP contribution in [0.1, 0.15) is 16.1 Å². The van der Waals surface area contributed by atoms with Crippen molar-refractivity contribution in [1.82, 2.24) is 9.13 Å². The number of carbonyl (C=O) groups is 1. The maximum atomic E-state index is 13.2. The van der Waals surface area contributed by atoms with Gasteiger partial charge in [0, 0.05) is 24.2 Å².